The van der Waals surface area contributed by atoms with Gasteiger partial charge in [-0.25, -0.2) is 0 Å². The SMILES string of the molecule is COc1cncc(C2=CCC3C4CCC5=CCN(C)CCC5(C)C4CCC23C)c1. The second-order valence-corrected chi connectivity index (χ2v) is 10.5. The van der Waals surface area contributed by atoms with Crippen LogP contribution in [0.2, 0.25) is 0 Å². The third kappa shape index (κ3) is 2.91. The van der Waals surface area contributed by atoms with Crippen molar-refractivity contribution in [1.82, 2.24) is 9.88 Å². The van der Waals surface area contributed by atoms with Crippen LogP contribution in [0.15, 0.2) is 36.2 Å². The molecule has 0 amide bonds. The number of hydrogen-bond acceptors (Lipinski definition) is 3. The van der Waals surface area contributed by atoms with Crippen LogP contribution in [0.3, 0.4) is 0 Å². The van der Waals surface area contributed by atoms with Crippen LogP contribution in [0.1, 0.15) is 57.9 Å². The molecule has 5 rings (SSSR count). The van der Waals surface area contributed by atoms with Gasteiger partial charge in [-0.2, -0.15) is 0 Å². The lowest BCUT2D eigenvalue weighted by atomic mass is 9.47. The lowest BCUT2D eigenvalue weighted by molar-refractivity contribution is -0.0194. The van der Waals surface area contributed by atoms with E-state index in [1.807, 2.05) is 12.4 Å². The van der Waals surface area contributed by atoms with E-state index in [0.717, 1.165) is 30.0 Å². The molecule has 4 aliphatic rings. The summed E-state index contributed by atoms with van der Waals surface area (Å²) >= 11 is 0. The van der Waals surface area contributed by atoms with Crippen molar-refractivity contribution >= 4 is 5.57 Å². The summed E-state index contributed by atoms with van der Waals surface area (Å²) in [4.78, 5) is 6.96. The van der Waals surface area contributed by atoms with Crippen molar-refractivity contribution in [3.05, 3.63) is 41.7 Å². The predicted octanol–water partition coefficient (Wildman–Crippen LogP) is 5.59. The molecule has 1 aliphatic heterocycles. The van der Waals surface area contributed by atoms with Crippen molar-refractivity contribution in [2.24, 2.45) is 28.6 Å². The molecule has 29 heavy (non-hydrogen) atoms. The van der Waals surface area contributed by atoms with Gasteiger partial charge < -0.3 is 9.64 Å². The van der Waals surface area contributed by atoms with E-state index in [-0.39, 0.29) is 5.41 Å². The van der Waals surface area contributed by atoms with Gasteiger partial charge in [0.2, 0.25) is 0 Å². The van der Waals surface area contributed by atoms with Crippen molar-refractivity contribution in [2.75, 3.05) is 27.2 Å². The van der Waals surface area contributed by atoms with Gasteiger partial charge in [-0.05, 0) is 97.9 Å². The first kappa shape index (κ1) is 19.4. The summed E-state index contributed by atoms with van der Waals surface area (Å²) in [7, 11) is 4.01. The lowest BCUT2D eigenvalue weighted by Crippen LogP contribution is -2.49. The summed E-state index contributed by atoms with van der Waals surface area (Å²) in [5.74, 6) is 3.35. The van der Waals surface area contributed by atoms with Crippen molar-refractivity contribution in [2.45, 2.75) is 52.4 Å². The zero-order chi connectivity index (χ0) is 20.2. The Balaban J connectivity index is 1.45. The third-order valence-corrected chi connectivity index (χ3v) is 9.24. The minimum absolute atomic E-state index is 0.286. The number of pyridine rings is 1. The van der Waals surface area contributed by atoms with E-state index >= 15 is 0 Å². The van der Waals surface area contributed by atoms with Crippen LogP contribution in [0.25, 0.3) is 5.57 Å². The molecule has 0 aromatic carbocycles. The van der Waals surface area contributed by atoms with Gasteiger partial charge in [0.25, 0.3) is 0 Å². The van der Waals surface area contributed by atoms with Crippen LogP contribution < -0.4 is 4.74 Å². The van der Waals surface area contributed by atoms with Crippen LogP contribution in [-0.4, -0.2) is 37.1 Å². The zero-order valence-corrected chi connectivity index (χ0v) is 18.6. The number of hydrogen-bond donors (Lipinski definition) is 0. The highest BCUT2D eigenvalue weighted by atomic mass is 16.5. The summed E-state index contributed by atoms with van der Waals surface area (Å²) < 4.78 is 5.46. The first-order chi connectivity index (χ1) is 14.0. The smallest absolute Gasteiger partial charge is 0.137 e. The van der Waals surface area contributed by atoms with Gasteiger partial charge in [-0.1, -0.05) is 31.6 Å². The molecule has 0 radical (unpaired) electrons. The minimum atomic E-state index is 0.286. The summed E-state index contributed by atoms with van der Waals surface area (Å²) in [5, 5.41) is 0. The molecule has 156 valence electrons. The standard InChI is InChI=1S/C26H36N2O/c1-25-12-14-28(3)13-10-19(25)5-6-21-23-8-7-22(26(23,2)11-9-24(21)25)18-15-20(29-4)17-27-16-18/h7,10,15-17,21,23-24H,5-6,8-9,11-14H2,1-4H3. The monoisotopic (exact) mass is 392 g/mol. The Morgan fingerprint density at radius 2 is 1.93 bits per heavy atom. The highest BCUT2D eigenvalue weighted by molar-refractivity contribution is 5.73. The lowest BCUT2D eigenvalue weighted by Gasteiger charge is -2.57. The van der Waals surface area contributed by atoms with E-state index < -0.39 is 0 Å². The summed E-state index contributed by atoms with van der Waals surface area (Å²) in [6, 6.07) is 2.18. The van der Waals surface area contributed by atoms with Gasteiger partial charge in [-0.15, -0.1) is 0 Å². The molecular formula is C26H36N2O. The topological polar surface area (TPSA) is 25.4 Å². The molecule has 5 atom stereocenters. The summed E-state index contributed by atoms with van der Waals surface area (Å²) in [5.41, 5.74) is 5.27. The van der Waals surface area contributed by atoms with Crippen LogP contribution in [0.5, 0.6) is 5.75 Å². The van der Waals surface area contributed by atoms with E-state index in [9.17, 15) is 0 Å². The van der Waals surface area contributed by atoms with Gasteiger partial charge in [-0.3, -0.25) is 4.98 Å². The molecule has 3 heteroatoms. The van der Waals surface area contributed by atoms with Crippen LogP contribution in [-0.2, 0) is 0 Å². The van der Waals surface area contributed by atoms with Crippen molar-refractivity contribution in [1.29, 1.82) is 0 Å². The molecule has 1 aromatic heterocycles. The van der Waals surface area contributed by atoms with Crippen molar-refractivity contribution in [3.8, 4) is 5.75 Å². The average molecular weight is 393 g/mol. The fraction of sp³-hybridized carbons (Fsp3) is 0.654. The molecule has 0 saturated heterocycles. The highest BCUT2D eigenvalue weighted by Crippen LogP contribution is 2.66. The molecule has 3 aliphatic carbocycles. The Bertz CT molecular complexity index is 858. The van der Waals surface area contributed by atoms with E-state index in [0.29, 0.717) is 5.41 Å². The molecule has 2 fully saturated rings. The largest absolute Gasteiger partial charge is 0.495 e. The van der Waals surface area contributed by atoms with Gasteiger partial charge in [0, 0.05) is 12.7 Å². The van der Waals surface area contributed by atoms with Crippen LogP contribution in [0.4, 0.5) is 0 Å². The number of nitrogens with zero attached hydrogens (tertiary/aromatic N) is 2. The molecule has 0 bridgehead atoms. The highest BCUT2D eigenvalue weighted by Gasteiger charge is 2.56. The Kier molecular flexibility index (Phi) is 4.66. The molecule has 2 heterocycles. The van der Waals surface area contributed by atoms with E-state index in [4.69, 9.17) is 4.74 Å². The number of likely N-dealkylation sites (N-methyl/N-ethyl adjacent to an activating group) is 1. The van der Waals surface area contributed by atoms with E-state index in [2.05, 4.69) is 49.0 Å². The number of fused-ring (bicyclic) bond motifs is 5. The Morgan fingerprint density at radius 3 is 2.76 bits per heavy atom. The normalized spacial score (nSPS) is 39.5. The van der Waals surface area contributed by atoms with Gasteiger partial charge in [0.15, 0.2) is 0 Å². The molecule has 1 aromatic rings. The zero-order valence-electron chi connectivity index (χ0n) is 18.6. The number of ether oxygens (including phenoxy) is 1. The van der Waals surface area contributed by atoms with Gasteiger partial charge in [0.05, 0.1) is 13.3 Å². The predicted molar refractivity (Wildman–Crippen MR) is 119 cm³/mol. The Morgan fingerprint density at radius 1 is 1.07 bits per heavy atom. The Labute approximate surface area is 176 Å². The third-order valence-electron chi connectivity index (χ3n) is 9.24. The van der Waals surface area contributed by atoms with E-state index in [1.54, 1.807) is 12.7 Å². The minimum Gasteiger partial charge on any atom is -0.495 e. The number of rotatable bonds is 2. The van der Waals surface area contributed by atoms with E-state index in [1.165, 1.54) is 56.2 Å². The number of methoxy groups -OCH3 is 1. The second-order valence-electron chi connectivity index (χ2n) is 10.5. The maximum atomic E-state index is 5.46. The maximum Gasteiger partial charge on any atom is 0.137 e. The molecule has 0 N–H and O–H groups in total. The molecular weight excluding hydrogens is 356 g/mol. The fourth-order valence-corrected chi connectivity index (χ4v) is 7.48. The first-order valence-electron chi connectivity index (χ1n) is 11.5. The quantitative estimate of drug-likeness (QED) is 0.614. The summed E-state index contributed by atoms with van der Waals surface area (Å²) in [6.07, 6.45) is 16.9. The Hall–Kier alpha value is -1.61. The molecule has 5 unspecified atom stereocenters. The first-order valence-corrected chi connectivity index (χ1v) is 11.5. The maximum absolute atomic E-state index is 5.46. The van der Waals surface area contributed by atoms with Gasteiger partial charge in [0.1, 0.15) is 5.75 Å². The van der Waals surface area contributed by atoms with Crippen LogP contribution >= 0.6 is 0 Å². The summed E-state index contributed by atoms with van der Waals surface area (Å²) in [6.45, 7) is 7.52. The van der Waals surface area contributed by atoms with Crippen molar-refractivity contribution in [3.63, 3.8) is 0 Å². The molecule has 0 spiro atoms. The van der Waals surface area contributed by atoms with Gasteiger partial charge >= 0.3 is 0 Å². The second kappa shape index (κ2) is 6.97. The molecule has 2 saturated carbocycles. The van der Waals surface area contributed by atoms with Crippen molar-refractivity contribution < 1.29 is 4.74 Å². The average Bonchev–Trinajstić information content (AvgIpc) is 3.01. The number of aromatic nitrogens is 1. The molecule has 3 nitrogen and oxygen atoms in total. The fourth-order valence-electron chi connectivity index (χ4n) is 7.48. The van der Waals surface area contributed by atoms with Crippen LogP contribution in [0, 0.1) is 28.6 Å². The number of allylic oxidation sites excluding steroid dienone is 3.